The van der Waals surface area contributed by atoms with E-state index in [1.54, 1.807) is 0 Å². The second-order valence-electron chi connectivity index (χ2n) is 4.34. The quantitative estimate of drug-likeness (QED) is 0.820. The fraction of sp³-hybridized carbons (Fsp3) is 0.750. The highest BCUT2D eigenvalue weighted by molar-refractivity contribution is 5.00. The second-order valence-corrected chi connectivity index (χ2v) is 4.34. The summed E-state index contributed by atoms with van der Waals surface area (Å²) in [6.07, 6.45) is 4.23. The van der Waals surface area contributed by atoms with E-state index in [2.05, 4.69) is 28.1 Å². The Bertz CT molecular complexity index is 305. The van der Waals surface area contributed by atoms with Crippen LogP contribution < -0.4 is 5.32 Å². The molecule has 0 bridgehead atoms. The Balaban J connectivity index is 1.89. The van der Waals surface area contributed by atoms with Crippen LogP contribution in [0.2, 0.25) is 0 Å². The highest BCUT2D eigenvalue weighted by Crippen LogP contribution is 2.17. The largest absolute Gasteiger partial charge is 0.381 e. The van der Waals surface area contributed by atoms with Gasteiger partial charge in [-0.2, -0.15) is 5.10 Å². The lowest BCUT2D eigenvalue weighted by Crippen LogP contribution is -2.23. The monoisotopic (exact) mass is 223 g/mol. The van der Waals surface area contributed by atoms with Gasteiger partial charge in [-0.05, 0) is 31.4 Å². The van der Waals surface area contributed by atoms with Crippen LogP contribution in [0.5, 0.6) is 0 Å². The second kappa shape index (κ2) is 6.01. The lowest BCUT2D eigenvalue weighted by atomic mass is 10.0. The predicted octanol–water partition coefficient (Wildman–Crippen LogP) is 1.42. The van der Waals surface area contributed by atoms with Crippen LogP contribution >= 0.6 is 0 Å². The van der Waals surface area contributed by atoms with Crippen LogP contribution in [0.3, 0.4) is 0 Å². The smallest absolute Gasteiger partial charge is 0.0522 e. The molecule has 16 heavy (non-hydrogen) atoms. The van der Waals surface area contributed by atoms with E-state index in [4.69, 9.17) is 4.74 Å². The summed E-state index contributed by atoms with van der Waals surface area (Å²) in [6, 6.07) is 2.10. The third-order valence-electron chi connectivity index (χ3n) is 3.13. The number of aromatic nitrogens is 2. The van der Waals surface area contributed by atoms with Crippen LogP contribution in [0.15, 0.2) is 12.3 Å². The molecule has 1 aliphatic rings. The van der Waals surface area contributed by atoms with E-state index in [0.29, 0.717) is 0 Å². The Kier molecular flexibility index (Phi) is 4.36. The van der Waals surface area contributed by atoms with Crippen molar-refractivity contribution in [2.75, 3.05) is 19.8 Å². The van der Waals surface area contributed by atoms with E-state index < -0.39 is 0 Å². The number of rotatable bonds is 5. The molecule has 2 rings (SSSR count). The fourth-order valence-corrected chi connectivity index (χ4v) is 2.10. The average Bonchev–Trinajstić information content (AvgIpc) is 2.75. The van der Waals surface area contributed by atoms with E-state index in [1.807, 2.05) is 6.20 Å². The van der Waals surface area contributed by atoms with E-state index >= 15 is 0 Å². The Morgan fingerprint density at radius 1 is 1.50 bits per heavy atom. The van der Waals surface area contributed by atoms with E-state index in [0.717, 1.165) is 38.8 Å². The van der Waals surface area contributed by atoms with E-state index in [-0.39, 0.29) is 0 Å². The molecule has 4 heteroatoms. The van der Waals surface area contributed by atoms with E-state index in [9.17, 15) is 0 Å². The SMILES string of the molecule is CCNCc1ccnn1CC1CCOCC1. The van der Waals surface area contributed by atoms with Crippen molar-refractivity contribution in [1.82, 2.24) is 15.1 Å². The number of nitrogens with one attached hydrogen (secondary N) is 1. The summed E-state index contributed by atoms with van der Waals surface area (Å²) < 4.78 is 7.51. The van der Waals surface area contributed by atoms with Gasteiger partial charge in [0.25, 0.3) is 0 Å². The molecule has 1 aromatic rings. The van der Waals surface area contributed by atoms with Gasteiger partial charge in [-0.1, -0.05) is 6.92 Å². The maximum Gasteiger partial charge on any atom is 0.0522 e. The lowest BCUT2D eigenvalue weighted by molar-refractivity contribution is 0.0598. The summed E-state index contributed by atoms with van der Waals surface area (Å²) in [6.45, 7) is 6.90. The first-order valence-corrected chi connectivity index (χ1v) is 6.19. The van der Waals surface area contributed by atoms with Crippen molar-refractivity contribution in [2.45, 2.75) is 32.9 Å². The summed E-state index contributed by atoms with van der Waals surface area (Å²) in [5.41, 5.74) is 1.29. The number of hydrogen-bond acceptors (Lipinski definition) is 3. The van der Waals surface area contributed by atoms with Crippen molar-refractivity contribution >= 4 is 0 Å². The third kappa shape index (κ3) is 3.06. The molecule has 0 saturated carbocycles. The predicted molar refractivity (Wildman–Crippen MR) is 63.2 cm³/mol. The van der Waals surface area contributed by atoms with Gasteiger partial charge in [0.15, 0.2) is 0 Å². The molecule has 0 aliphatic carbocycles. The summed E-state index contributed by atoms with van der Waals surface area (Å²) >= 11 is 0. The summed E-state index contributed by atoms with van der Waals surface area (Å²) in [4.78, 5) is 0. The van der Waals surface area contributed by atoms with Gasteiger partial charge in [-0.25, -0.2) is 0 Å². The molecule has 1 fully saturated rings. The van der Waals surface area contributed by atoms with Gasteiger partial charge < -0.3 is 10.1 Å². The Morgan fingerprint density at radius 3 is 3.06 bits per heavy atom. The molecule has 2 heterocycles. The van der Waals surface area contributed by atoms with Gasteiger partial charge >= 0.3 is 0 Å². The number of ether oxygens (including phenoxy) is 1. The first-order valence-electron chi connectivity index (χ1n) is 6.19. The summed E-state index contributed by atoms with van der Waals surface area (Å²) in [5, 5.41) is 7.74. The minimum absolute atomic E-state index is 0.731. The zero-order valence-electron chi connectivity index (χ0n) is 9.98. The third-order valence-corrected chi connectivity index (χ3v) is 3.13. The van der Waals surface area contributed by atoms with Crippen LogP contribution in [0.25, 0.3) is 0 Å². The van der Waals surface area contributed by atoms with Gasteiger partial charge in [0.2, 0.25) is 0 Å². The van der Waals surface area contributed by atoms with Crippen molar-refractivity contribution in [3.63, 3.8) is 0 Å². The molecule has 90 valence electrons. The molecule has 1 N–H and O–H groups in total. The molecule has 0 unspecified atom stereocenters. The van der Waals surface area contributed by atoms with Crippen LogP contribution in [0, 0.1) is 5.92 Å². The molecule has 0 atom stereocenters. The van der Waals surface area contributed by atoms with Crippen LogP contribution in [0.1, 0.15) is 25.5 Å². The van der Waals surface area contributed by atoms with Gasteiger partial charge in [0, 0.05) is 32.5 Å². The average molecular weight is 223 g/mol. The molecule has 0 amide bonds. The molecule has 1 saturated heterocycles. The molecule has 4 nitrogen and oxygen atoms in total. The molecule has 0 spiro atoms. The lowest BCUT2D eigenvalue weighted by Gasteiger charge is -2.22. The van der Waals surface area contributed by atoms with Crippen molar-refractivity contribution in [3.05, 3.63) is 18.0 Å². The summed E-state index contributed by atoms with van der Waals surface area (Å²) in [5.74, 6) is 0.731. The Labute approximate surface area is 97.0 Å². The molecule has 0 aromatic carbocycles. The van der Waals surface area contributed by atoms with Crippen molar-refractivity contribution < 1.29 is 4.74 Å². The maximum absolute atomic E-state index is 5.37. The maximum atomic E-state index is 5.37. The zero-order chi connectivity index (χ0) is 11.2. The van der Waals surface area contributed by atoms with Gasteiger partial charge in [0.05, 0.1) is 5.69 Å². The highest BCUT2D eigenvalue weighted by atomic mass is 16.5. The molecular weight excluding hydrogens is 202 g/mol. The number of hydrogen-bond donors (Lipinski definition) is 1. The first kappa shape index (κ1) is 11.6. The van der Waals surface area contributed by atoms with Crippen molar-refractivity contribution in [2.24, 2.45) is 5.92 Å². The molecular formula is C12H21N3O. The zero-order valence-corrected chi connectivity index (χ0v) is 9.98. The minimum atomic E-state index is 0.731. The Morgan fingerprint density at radius 2 is 2.31 bits per heavy atom. The topological polar surface area (TPSA) is 39.1 Å². The summed E-state index contributed by atoms with van der Waals surface area (Å²) in [7, 11) is 0. The highest BCUT2D eigenvalue weighted by Gasteiger charge is 2.15. The van der Waals surface area contributed by atoms with Crippen LogP contribution in [-0.4, -0.2) is 29.5 Å². The minimum Gasteiger partial charge on any atom is -0.381 e. The van der Waals surface area contributed by atoms with Crippen LogP contribution in [-0.2, 0) is 17.8 Å². The van der Waals surface area contributed by atoms with E-state index in [1.165, 1.54) is 18.5 Å². The van der Waals surface area contributed by atoms with Gasteiger partial charge in [0.1, 0.15) is 0 Å². The number of nitrogens with zero attached hydrogens (tertiary/aromatic N) is 2. The van der Waals surface area contributed by atoms with Crippen molar-refractivity contribution in [1.29, 1.82) is 0 Å². The van der Waals surface area contributed by atoms with Crippen molar-refractivity contribution in [3.8, 4) is 0 Å². The molecule has 1 aliphatic heterocycles. The Hall–Kier alpha value is -0.870. The fourth-order valence-electron chi connectivity index (χ4n) is 2.10. The van der Waals surface area contributed by atoms with Gasteiger partial charge in [-0.15, -0.1) is 0 Å². The first-order chi connectivity index (χ1) is 7.90. The molecule has 1 aromatic heterocycles. The van der Waals surface area contributed by atoms with Crippen LogP contribution in [0.4, 0.5) is 0 Å². The normalized spacial score (nSPS) is 17.8. The molecule has 0 radical (unpaired) electrons. The van der Waals surface area contributed by atoms with Gasteiger partial charge in [-0.3, -0.25) is 4.68 Å². The standard InChI is InChI=1S/C12H21N3O/c1-2-13-9-12-3-6-14-15(12)10-11-4-7-16-8-5-11/h3,6,11,13H,2,4-5,7-10H2,1H3.